The van der Waals surface area contributed by atoms with Gasteiger partial charge in [0.25, 0.3) is 0 Å². The first kappa shape index (κ1) is 10.1. The second-order valence-corrected chi connectivity index (χ2v) is 5.20. The third kappa shape index (κ3) is 1.43. The van der Waals surface area contributed by atoms with Crippen LogP contribution >= 0.6 is 0 Å². The summed E-state index contributed by atoms with van der Waals surface area (Å²) in [6.07, 6.45) is 10.5. The molecule has 4 rings (SSSR count). The van der Waals surface area contributed by atoms with Gasteiger partial charge in [-0.1, -0.05) is 12.2 Å². The molecule has 2 aromatic rings. The minimum atomic E-state index is 0.784. The lowest BCUT2D eigenvalue weighted by atomic mass is 9.86. The van der Waals surface area contributed by atoms with E-state index in [1.807, 2.05) is 6.20 Å². The van der Waals surface area contributed by atoms with Crippen molar-refractivity contribution in [2.45, 2.75) is 12.8 Å². The first-order valence-corrected chi connectivity index (χ1v) is 6.46. The van der Waals surface area contributed by atoms with Crippen LogP contribution in [0.5, 0.6) is 0 Å². The van der Waals surface area contributed by atoms with Gasteiger partial charge < -0.3 is 4.90 Å². The maximum absolute atomic E-state index is 4.45. The highest BCUT2D eigenvalue weighted by Gasteiger charge is 2.34. The number of aromatic amines is 1. The third-order valence-electron chi connectivity index (χ3n) is 4.15. The highest BCUT2D eigenvalue weighted by atomic mass is 15.2. The number of aromatic nitrogens is 4. The number of fused-ring (bicyclic) bond motifs is 2. The van der Waals surface area contributed by atoms with Gasteiger partial charge in [-0.3, -0.25) is 5.10 Å². The van der Waals surface area contributed by atoms with Crippen molar-refractivity contribution in [1.82, 2.24) is 20.2 Å². The zero-order chi connectivity index (χ0) is 11.9. The summed E-state index contributed by atoms with van der Waals surface area (Å²) in [6, 6.07) is 0. The second-order valence-electron chi connectivity index (χ2n) is 5.20. The lowest BCUT2D eigenvalue weighted by molar-refractivity contribution is 0.411. The van der Waals surface area contributed by atoms with Crippen LogP contribution in [0.4, 0.5) is 5.82 Å². The largest absolute Gasteiger partial charge is 0.355 e. The molecule has 5 heteroatoms. The number of hydrogen-bond acceptors (Lipinski definition) is 4. The van der Waals surface area contributed by atoms with Gasteiger partial charge in [-0.2, -0.15) is 5.10 Å². The van der Waals surface area contributed by atoms with Gasteiger partial charge in [0.1, 0.15) is 12.1 Å². The zero-order valence-corrected chi connectivity index (χ0v) is 10.1. The van der Waals surface area contributed by atoms with Crippen molar-refractivity contribution in [3.63, 3.8) is 0 Å². The Morgan fingerprint density at radius 1 is 1.11 bits per heavy atom. The van der Waals surface area contributed by atoms with Gasteiger partial charge in [0, 0.05) is 13.1 Å². The summed E-state index contributed by atoms with van der Waals surface area (Å²) in [7, 11) is 0. The maximum Gasteiger partial charge on any atom is 0.160 e. The first-order valence-electron chi connectivity index (χ1n) is 6.46. The maximum atomic E-state index is 4.45. The highest BCUT2D eigenvalue weighted by Crippen LogP contribution is 2.36. The number of hydrogen-bond donors (Lipinski definition) is 1. The van der Waals surface area contributed by atoms with Crippen LogP contribution in [0.2, 0.25) is 0 Å². The average molecular weight is 241 g/mol. The monoisotopic (exact) mass is 241 g/mol. The van der Waals surface area contributed by atoms with Gasteiger partial charge in [-0.25, -0.2) is 9.97 Å². The van der Waals surface area contributed by atoms with Crippen molar-refractivity contribution in [2.75, 3.05) is 18.0 Å². The molecule has 2 aliphatic rings. The Morgan fingerprint density at radius 2 is 1.89 bits per heavy atom. The zero-order valence-electron chi connectivity index (χ0n) is 10.1. The molecule has 5 nitrogen and oxygen atoms in total. The summed E-state index contributed by atoms with van der Waals surface area (Å²) in [5.41, 5.74) is 0.827. The number of rotatable bonds is 1. The first-order chi connectivity index (χ1) is 8.92. The molecule has 1 fully saturated rings. The predicted octanol–water partition coefficient (Wildman–Crippen LogP) is 1.76. The van der Waals surface area contributed by atoms with Gasteiger partial charge in [0.2, 0.25) is 0 Å². The van der Waals surface area contributed by atoms with Crippen molar-refractivity contribution in [1.29, 1.82) is 0 Å². The summed E-state index contributed by atoms with van der Waals surface area (Å²) in [4.78, 5) is 11.0. The average Bonchev–Trinajstić information content (AvgIpc) is 3.04. The molecule has 0 aromatic carbocycles. The van der Waals surface area contributed by atoms with Crippen LogP contribution < -0.4 is 4.90 Å². The van der Waals surface area contributed by atoms with E-state index in [0.717, 1.165) is 41.8 Å². The molecule has 0 amide bonds. The van der Waals surface area contributed by atoms with E-state index in [4.69, 9.17) is 0 Å². The van der Waals surface area contributed by atoms with Crippen LogP contribution in [-0.2, 0) is 0 Å². The standard InChI is InChI=1S/C13H15N5/c1-2-4-10-7-18(6-9(10)3-1)13-11-5-16-17-12(11)14-8-15-13/h1-2,5,8-10H,3-4,6-7H2,(H,14,15,16,17)/t9-,10-/m0/s1. The third-order valence-corrected chi connectivity index (χ3v) is 4.15. The molecular formula is C13H15N5. The molecule has 0 unspecified atom stereocenters. The smallest absolute Gasteiger partial charge is 0.160 e. The minimum Gasteiger partial charge on any atom is -0.355 e. The van der Waals surface area contributed by atoms with Crippen molar-refractivity contribution in [2.24, 2.45) is 11.8 Å². The van der Waals surface area contributed by atoms with E-state index in [1.54, 1.807) is 6.33 Å². The number of allylic oxidation sites excluding steroid dienone is 2. The number of nitrogens with zero attached hydrogens (tertiary/aromatic N) is 4. The molecule has 2 aromatic heterocycles. The summed E-state index contributed by atoms with van der Waals surface area (Å²) >= 11 is 0. The van der Waals surface area contributed by atoms with Crippen LogP contribution in [0.1, 0.15) is 12.8 Å². The molecule has 1 aliphatic heterocycles. The number of nitrogens with one attached hydrogen (secondary N) is 1. The van der Waals surface area contributed by atoms with Gasteiger partial charge in [0.05, 0.1) is 11.6 Å². The topological polar surface area (TPSA) is 57.7 Å². The van der Waals surface area contributed by atoms with E-state index in [2.05, 4.69) is 37.2 Å². The second kappa shape index (κ2) is 3.80. The van der Waals surface area contributed by atoms with E-state index in [-0.39, 0.29) is 0 Å². The Balaban J connectivity index is 1.70. The molecule has 3 heterocycles. The van der Waals surface area contributed by atoms with Gasteiger partial charge in [-0.05, 0) is 24.7 Å². The fourth-order valence-electron chi connectivity index (χ4n) is 3.19. The van der Waals surface area contributed by atoms with Crippen molar-refractivity contribution in [3.05, 3.63) is 24.7 Å². The van der Waals surface area contributed by atoms with E-state index >= 15 is 0 Å². The number of anilines is 1. The summed E-state index contributed by atoms with van der Waals surface area (Å²) in [5.74, 6) is 2.60. The Kier molecular flexibility index (Phi) is 2.12. The van der Waals surface area contributed by atoms with E-state index < -0.39 is 0 Å². The predicted molar refractivity (Wildman–Crippen MR) is 69.3 cm³/mol. The van der Waals surface area contributed by atoms with Crippen molar-refractivity contribution in [3.8, 4) is 0 Å². The molecular weight excluding hydrogens is 226 g/mol. The van der Waals surface area contributed by atoms with Crippen LogP contribution in [0, 0.1) is 11.8 Å². The van der Waals surface area contributed by atoms with Gasteiger partial charge in [0.15, 0.2) is 5.65 Å². The Morgan fingerprint density at radius 3 is 2.67 bits per heavy atom. The molecule has 1 N–H and O–H groups in total. The van der Waals surface area contributed by atoms with Crippen molar-refractivity contribution < 1.29 is 0 Å². The quantitative estimate of drug-likeness (QED) is 0.773. The molecule has 0 bridgehead atoms. The minimum absolute atomic E-state index is 0.784. The van der Waals surface area contributed by atoms with E-state index in [0.29, 0.717) is 0 Å². The molecule has 18 heavy (non-hydrogen) atoms. The normalized spacial score (nSPS) is 26.8. The molecule has 1 saturated heterocycles. The van der Waals surface area contributed by atoms with Crippen LogP contribution in [0.15, 0.2) is 24.7 Å². The van der Waals surface area contributed by atoms with E-state index in [9.17, 15) is 0 Å². The Bertz CT molecular complexity index is 586. The van der Waals surface area contributed by atoms with E-state index in [1.165, 1.54) is 12.8 Å². The molecule has 92 valence electrons. The van der Waals surface area contributed by atoms with Crippen LogP contribution in [0.25, 0.3) is 11.0 Å². The summed E-state index contributed by atoms with van der Waals surface area (Å²) in [6.45, 7) is 2.21. The fourth-order valence-corrected chi connectivity index (χ4v) is 3.19. The summed E-state index contributed by atoms with van der Waals surface area (Å²) in [5, 5.41) is 8.00. The molecule has 2 atom stereocenters. The molecule has 1 aliphatic carbocycles. The SMILES string of the molecule is C1=CC[C@H]2CN(c3ncnc4[nH]ncc34)C[C@@H]2C1. The lowest BCUT2D eigenvalue weighted by Crippen LogP contribution is -2.21. The summed E-state index contributed by atoms with van der Waals surface area (Å²) < 4.78 is 0. The lowest BCUT2D eigenvalue weighted by Gasteiger charge is -2.17. The van der Waals surface area contributed by atoms with Crippen LogP contribution in [-0.4, -0.2) is 33.3 Å². The van der Waals surface area contributed by atoms with Gasteiger partial charge >= 0.3 is 0 Å². The van der Waals surface area contributed by atoms with Gasteiger partial charge in [-0.15, -0.1) is 0 Å². The highest BCUT2D eigenvalue weighted by molar-refractivity contribution is 5.86. The van der Waals surface area contributed by atoms with Crippen LogP contribution in [0.3, 0.4) is 0 Å². The number of H-pyrrole nitrogens is 1. The molecule has 0 radical (unpaired) electrons. The Hall–Kier alpha value is -1.91. The molecule has 0 saturated carbocycles. The van der Waals surface area contributed by atoms with Crippen molar-refractivity contribution >= 4 is 16.9 Å². The molecule has 0 spiro atoms. The Labute approximate surface area is 105 Å². The fraction of sp³-hybridized carbons (Fsp3) is 0.462.